The van der Waals surface area contributed by atoms with Crippen LogP contribution in [-0.4, -0.2) is 11.5 Å². The molecular weight excluding hydrogens is 243 g/mol. The van der Waals surface area contributed by atoms with Crippen molar-refractivity contribution in [1.29, 1.82) is 0 Å². The quantitative estimate of drug-likeness (QED) is 0.595. The van der Waals surface area contributed by atoms with Crippen LogP contribution in [0.1, 0.15) is 20.7 Å². The van der Waals surface area contributed by atoms with E-state index < -0.39 is 5.24 Å². The molecule has 0 saturated heterocycles. The van der Waals surface area contributed by atoms with E-state index in [4.69, 9.17) is 11.6 Å². The van der Waals surface area contributed by atoms with Gasteiger partial charge in [0.05, 0.1) is 0 Å². The SMILES string of the molecule is O=Cc1ccc(Br)c(C(=O)Cl)c1. The Labute approximate surface area is 82.7 Å². The summed E-state index contributed by atoms with van der Waals surface area (Å²) in [4.78, 5) is 21.1. The molecule has 62 valence electrons. The lowest BCUT2D eigenvalue weighted by Gasteiger charge is -1.98. The monoisotopic (exact) mass is 246 g/mol. The molecule has 2 nitrogen and oxygen atoms in total. The molecule has 0 aliphatic carbocycles. The minimum Gasteiger partial charge on any atom is -0.298 e. The van der Waals surface area contributed by atoms with Gasteiger partial charge in [-0.25, -0.2) is 0 Å². The van der Waals surface area contributed by atoms with E-state index in [1.165, 1.54) is 6.07 Å². The van der Waals surface area contributed by atoms with Crippen LogP contribution >= 0.6 is 27.5 Å². The molecule has 0 fully saturated rings. The van der Waals surface area contributed by atoms with E-state index in [0.717, 1.165) is 0 Å². The smallest absolute Gasteiger partial charge is 0.253 e. The van der Waals surface area contributed by atoms with Crippen molar-refractivity contribution in [2.24, 2.45) is 0 Å². The van der Waals surface area contributed by atoms with E-state index >= 15 is 0 Å². The zero-order valence-electron chi connectivity index (χ0n) is 5.88. The van der Waals surface area contributed by atoms with Gasteiger partial charge >= 0.3 is 0 Å². The summed E-state index contributed by atoms with van der Waals surface area (Å²) in [5, 5.41) is -0.578. The Morgan fingerprint density at radius 1 is 1.50 bits per heavy atom. The summed E-state index contributed by atoms with van der Waals surface area (Å²) >= 11 is 8.39. The number of benzene rings is 1. The van der Waals surface area contributed by atoms with E-state index in [1.807, 2.05) is 0 Å². The van der Waals surface area contributed by atoms with Crippen molar-refractivity contribution in [3.63, 3.8) is 0 Å². The molecule has 0 saturated carbocycles. The third kappa shape index (κ3) is 1.93. The zero-order chi connectivity index (χ0) is 9.14. The highest BCUT2D eigenvalue weighted by Gasteiger charge is 2.07. The van der Waals surface area contributed by atoms with Crippen LogP contribution in [-0.2, 0) is 0 Å². The third-order valence-electron chi connectivity index (χ3n) is 1.34. The number of carbonyl (C=O) groups is 2. The van der Waals surface area contributed by atoms with Crippen molar-refractivity contribution < 1.29 is 9.59 Å². The van der Waals surface area contributed by atoms with Crippen LogP contribution in [0.5, 0.6) is 0 Å². The molecule has 0 N–H and O–H groups in total. The van der Waals surface area contributed by atoms with E-state index in [-0.39, 0.29) is 0 Å². The predicted molar refractivity (Wildman–Crippen MR) is 49.7 cm³/mol. The van der Waals surface area contributed by atoms with Gasteiger partial charge in [0.1, 0.15) is 6.29 Å². The molecule has 0 aliphatic rings. The fourth-order valence-electron chi connectivity index (χ4n) is 0.767. The standard InChI is InChI=1S/C8H4BrClO2/c9-7-2-1-5(4-11)3-6(7)8(10)12/h1-4H. The Balaban J connectivity index is 3.25. The summed E-state index contributed by atoms with van der Waals surface area (Å²) in [6.07, 6.45) is 0.662. The van der Waals surface area contributed by atoms with Crippen molar-refractivity contribution >= 4 is 39.1 Å². The summed E-state index contributed by atoms with van der Waals surface area (Å²) in [5.41, 5.74) is 0.739. The van der Waals surface area contributed by atoms with Gasteiger partial charge in [-0.1, -0.05) is 6.07 Å². The first-order chi connectivity index (χ1) is 5.65. The summed E-state index contributed by atoms with van der Waals surface area (Å²) in [6, 6.07) is 4.65. The summed E-state index contributed by atoms with van der Waals surface area (Å²) in [6.45, 7) is 0. The van der Waals surface area contributed by atoms with Crippen molar-refractivity contribution in [2.75, 3.05) is 0 Å². The first-order valence-corrected chi connectivity index (χ1v) is 4.27. The molecule has 0 unspecified atom stereocenters. The summed E-state index contributed by atoms with van der Waals surface area (Å²) in [5.74, 6) is 0. The van der Waals surface area contributed by atoms with Crippen molar-refractivity contribution in [1.82, 2.24) is 0 Å². The highest BCUT2D eigenvalue weighted by Crippen LogP contribution is 2.19. The Morgan fingerprint density at radius 3 is 2.67 bits per heavy atom. The van der Waals surface area contributed by atoms with Gasteiger partial charge in [0.25, 0.3) is 5.24 Å². The molecule has 0 bridgehead atoms. The molecular formula is C8H4BrClO2. The average Bonchev–Trinajstić information content (AvgIpc) is 2.05. The van der Waals surface area contributed by atoms with Gasteiger partial charge in [-0.2, -0.15) is 0 Å². The van der Waals surface area contributed by atoms with Gasteiger partial charge in [0, 0.05) is 15.6 Å². The molecule has 12 heavy (non-hydrogen) atoms. The van der Waals surface area contributed by atoms with Gasteiger partial charge < -0.3 is 0 Å². The van der Waals surface area contributed by atoms with Gasteiger partial charge in [-0.05, 0) is 39.7 Å². The van der Waals surface area contributed by atoms with E-state index in [2.05, 4.69) is 15.9 Å². The van der Waals surface area contributed by atoms with Crippen LogP contribution in [0, 0.1) is 0 Å². The Morgan fingerprint density at radius 2 is 2.17 bits per heavy atom. The number of halogens is 2. The van der Waals surface area contributed by atoms with E-state index in [9.17, 15) is 9.59 Å². The lowest BCUT2D eigenvalue weighted by molar-refractivity contribution is 0.108. The van der Waals surface area contributed by atoms with Crippen LogP contribution in [0.4, 0.5) is 0 Å². The van der Waals surface area contributed by atoms with Crippen LogP contribution < -0.4 is 0 Å². The second kappa shape index (κ2) is 3.83. The van der Waals surface area contributed by atoms with Crippen LogP contribution in [0.15, 0.2) is 22.7 Å². The number of carbonyl (C=O) groups excluding carboxylic acids is 2. The summed E-state index contributed by atoms with van der Waals surface area (Å²) in [7, 11) is 0. The topological polar surface area (TPSA) is 34.1 Å². The second-order valence-corrected chi connectivity index (χ2v) is 3.33. The number of aldehydes is 1. The average molecular weight is 247 g/mol. The first-order valence-electron chi connectivity index (χ1n) is 3.09. The lowest BCUT2D eigenvalue weighted by Crippen LogP contribution is -1.92. The maximum atomic E-state index is 10.8. The maximum Gasteiger partial charge on any atom is 0.253 e. The highest BCUT2D eigenvalue weighted by molar-refractivity contribution is 9.10. The van der Waals surface area contributed by atoms with Gasteiger partial charge in [-0.3, -0.25) is 9.59 Å². The molecule has 0 radical (unpaired) electrons. The molecule has 0 heterocycles. The molecule has 0 spiro atoms. The third-order valence-corrected chi connectivity index (χ3v) is 2.23. The van der Waals surface area contributed by atoms with Crippen LogP contribution in [0.3, 0.4) is 0 Å². The normalized spacial score (nSPS) is 9.50. The van der Waals surface area contributed by atoms with Gasteiger partial charge in [0.15, 0.2) is 0 Å². The minimum atomic E-state index is -0.578. The molecule has 0 atom stereocenters. The fourth-order valence-corrected chi connectivity index (χ4v) is 1.46. The van der Waals surface area contributed by atoms with Gasteiger partial charge in [-0.15, -0.1) is 0 Å². The van der Waals surface area contributed by atoms with Crippen molar-refractivity contribution in [3.05, 3.63) is 33.8 Å². The zero-order valence-corrected chi connectivity index (χ0v) is 8.22. The first kappa shape index (κ1) is 9.42. The molecule has 4 heteroatoms. The lowest BCUT2D eigenvalue weighted by atomic mass is 10.1. The fraction of sp³-hybridized carbons (Fsp3) is 0. The van der Waals surface area contributed by atoms with Crippen LogP contribution in [0.25, 0.3) is 0 Å². The van der Waals surface area contributed by atoms with E-state index in [0.29, 0.717) is 21.9 Å². The number of hydrogen-bond donors (Lipinski definition) is 0. The van der Waals surface area contributed by atoms with Crippen molar-refractivity contribution in [3.8, 4) is 0 Å². The molecule has 1 aromatic rings. The van der Waals surface area contributed by atoms with Crippen LogP contribution in [0.2, 0.25) is 0 Å². The largest absolute Gasteiger partial charge is 0.298 e. The maximum absolute atomic E-state index is 10.8. The molecule has 0 aromatic heterocycles. The highest BCUT2D eigenvalue weighted by atomic mass is 79.9. The van der Waals surface area contributed by atoms with Crippen molar-refractivity contribution in [2.45, 2.75) is 0 Å². The minimum absolute atomic E-state index is 0.307. The second-order valence-electron chi connectivity index (χ2n) is 2.13. The number of hydrogen-bond acceptors (Lipinski definition) is 2. The van der Waals surface area contributed by atoms with E-state index in [1.54, 1.807) is 12.1 Å². The van der Waals surface area contributed by atoms with Gasteiger partial charge in [0.2, 0.25) is 0 Å². The molecule has 1 aromatic carbocycles. The summed E-state index contributed by atoms with van der Waals surface area (Å²) < 4.78 is 0.591. The Kier molecular flexibility index (Phi) is 3.00. The predicted octanol–water partition coefficient (Wildman–Crippen LogP) is 2.64. The molecule has 0 amide bonds. The Hall–Kier alpha value is -0.670. The Bertz CT molecular complexity index is 336. The molecule has 0 aliphatic heterocycles. The number of rotatable bonds is 2. The molecule has 1 rings (SSSR count).